The second-order valence-electron chi connectivity index (χ2n) is 3.89. The van der Waals surface area contributed by atoms with Crippen molar-refractivity contribution in [3.8, 4) is 5.69 Å². The SMILES string of the molecule is Cc1nnn(-c2ccc(NCC(O)CO)cc2)n1. The number of hydrogen-bond acceptors (Lipinski definition) is 6. The number of tetrazole rings is 1. The molecule has 7 heteroatoms. The summed E-state index contributed by atoms with van der Waals surface area (Å²) in [6, 6.07) is 7.37. The fraction of sp³-hybridized carbons (Fsp3) is 0.364. The fourth-order valence-corrected chi connectivity index (χ4v) is 1.41. The first kappa shape index (κ1) is 12.5. The van der Waals surface area contributed by atoms with Gasteiger partial charge in [-0.25, -0.2) is 0 Å². The Balaban J connectivity index is 2.01. The maximum absolute atomic E-state index is 9.21. The van der Waals surface area contributed by atoms with Gasteiger partial charge in [0.15, 0.2) is 5.82 Å². The van der Waals surface area contributed by atoms with Crippen LogP contribution in [0.3, 0.4) is 0 Å². The summed E-state index contributed by atoms with van der Waals surface area (Å²) in [5, 5.41) is 32.7. The fourth-order valence-electron chi connectivity index (χ4n) is 1.41. The normalized spacial score (nSPS) is 12.4. The van der Waals surface area contributed by atoms with Crippen LogP contribution in [0, 0.1) is 6.92 Å². The summed E-state index contributed by atoms with van der Waals surface area (Å²) in [7, 11) is 0. The molecule has 18 heavy (non-hydrogen) atoms. The van der Waals surface area contributed by atoms with Gasteiger partial charge in [0.2, 0.25) is 0 Å². The van der Waals surface area contributed by atoms with Crippen molar-refractivity contribution in [2.45, 2.75) is 13.0 Å². The summed E-state index contributed by atoms with van der Waals surface area (Å²) in [6.07, 6.45) is -0.760. The quantitative estimate of drug-likeness (QED) is 0.675. The predicted molar refractivity (Wildman–Crippen MR) is 65.5 cm³/mol. The smallest absolute Gasteiger partial charge is 0.172 e. The first-order valence-corrected chi connectivity index (χ1v) is 5.59. The van der Waals surface area contributed by atoms with E-state index in [1.54, 1.807) is 6.92 Å². The van der Waals surface area contributed by atoms with Crippen LogP contribution in [-0.4, -0.2) is 49.7 Å². The molecule has 1 heterocycles. The third-order valence-corrected chi connectivity index (χ3v) is 2.36. The summed E-state index contributed by atoms with van der Waals surface area (Å²) >= 11 is 0. The topological polar surface area (TPSA) is 96.1 Å². The van der Waals surface area contributed by atoms with Crippen molar-refractivity contribution in [2.24, 2.45) is 0 Å². The highest BCUT2D eigenvalue weighted by molar-refractivity contribution is 5.48. The zero-order valence-corrected chi connectivity index (χ0v) is 9.98. The van der Waals surface area contributed by atoms with Crippen molar-refractivity contribution in [1.29, 1.82) is 0 Å². The van der Waals surface area contributed by atoms with E-state index in [4.69, 9.17) is 5.11 Å². The standard InChI is InChI=1S/C11H15N5O2/c1-8-13-15-16(14-8)10-4-2-9(3-5-10)12-6-11(18)7-17/h2-5,11-12,17-18H,6-7H2,1H3. The number of nitrogens with one attached hydrogen (secondary N) is 1. The Morgan fingerprint density at radius 1 is 1.33 bits per heavy atom. The summed E-state index contributed by atoms with van der Waals surface area (Å²) < 4.78 is 0. The van der Waals surface area contributed by atoms with Gasteiger partial charge in [-0.1, -0.05) is 0 Å². The Hall–Kier alpha value is -1.99. The van der Waals surface area contributed by atoms with Gasteiger partial charge in [0.05, 0.1) is 18.4 Å². The zero-order valence-electron chi connectivity index (χ0n) is 9.98. The minimum atomic E-state index is -0.760. The van der Waals surface area contributed by atoms with E-state index in [-0.39, 0.29) is 6.61 Å². The molecule has 96 valence electrons. The Bertz CT molecular complexity index is 496. The van der Waals surface area contributed by atoms with Crippen LogP contribution in [0.1, 0.15) is 5.82 Å². The molecule has 0 bridgehead atoms. The molecule has 1 aromatic heterocycles. The van der Waals surface area contributed by atoms with Crippen LogP contribution < -0.4 is 5.32 Å². The number of hydrogen-bond donors (Lipinski definition) is 3. The molecule has 1 aromatic carbocycles. The van der Waals surface area contributed by atoms with Crippen molar-refractivity contribution in [3.05, 3.63) is 30.1 Å². The third kappa shape index (κ3) is 3.02. The lowest BCUT2D eigenvalue weighted by Gasteiger charge is -2.10. The average molecular weight is 249 g/mol. The first-order chi connectivity index (χ1) is 8.69. The summed E-state index contributed by atoms with van der Waals surface area (Å²) in [5.74, 6) is 0.614. The second kappa shape index (κ2) is 5.56. The summed E-state index contributed by atoms with van der Waals surface area (Å²) in [4.78, 5) is 1.45. The molecule has 1 atom stereocenters. The largest absolute Gasteiger partial charge is 0.394 e. The minimum absolute atomic E-state index is 0.257. The van der Waals surface area contributed by atoms with Gasteiger partial charge in [-0.15, -0.1) is 15.0 Å². The van der Waals surface area contributed by atoms with Gasteiger partial charge in [0.25, 0.3) is 0 Å². The molecule has 3 N–H and O–H groups in total. The van der Waals surface area contributed by atoms with Gasteiger partial charge >= 0.3 is 0 Å². The van der Waals surface area contributed by atoms with Crippen molar-refractivity contribution in [3.63, 3.8) is 0 Å². The molecule has 0 saturated carbocycles. The van der Waals surface area contributed by atoms with Crippen LogP contribution in [0.2, 0.25) is 0 Å². The molecule has 0 fully saturated rings. The third-order valence-electron chi connectivity index (χ3n) is 2.36. The highest BCUT2D eigenvalue weighted by Crippen LogP contribution is 2.11. The van der Waals surface area contributed by atoms with E-state index in [2.05, 4.69) is 20.7 Å². The molecular weight excluding hydrogens is 234 g/mol. The second-order valence-corrected chi connectivity index (χ2v) is 3.89. The van der Waals surface area contributed by atoms with Crippen LogP contribution >= 0.6 is 0 Å². The molecule has 0 aliphatic rings. The number of aliphatic hydroxyl groups excluding tert-OH is 2. The van der Waals surface area contributed by atoms with Crippen molar-refractivity contribution < 1.29 is 10.2 Å². The van der Waals surface area contributed by atoms with E-state index in [9.17, 15) is 5.11 Å². The highest BCUT2D eigenvalue weighted by Gasteiger charge is 2.03. The molecule has 0 aliphatic heterocycles. The van der Waals surface area contributed by atoms with E-state index in [1.807, 2.05) is 24.3 Å². The van der Waals surface area contributed by atoms with Crippen molar-refractivity contribution >= 4 is 5.69 Å². The molecular formula is C11H15N5O2. The van der Waals surface area contributed by atoms with Crippen LogP contribution in [0.4, 0.5) is 5.69 Å². The van der Waals surface area contributed by atoms with E-state index in [0.29, 0.717) is 12.4 Å². The predicted octanol–water partition coefficient (Wildman–Crippen LogP) is -0.264. The van der Waals surface area contributed by atoms with Gasteiger partial charge < -0.3 is 15.5 Å². The van der Waals surface area contributed by atoms with Crippen LogP contribution in [0.15, 0.2) is 24.3 Å². The minimum Gasteiger partial charge on any atom is -0.394 e. The maximum atomic E-state index is 9.21. The zero-order chi connectivity index (χ0) is 13.0. The van der Waals surface area contributed by atoms with Crippen LogP contribution in [0.25, 0.3) is 5.69 Å². The molecule has 0 spiro atoms. The van der Waals surface area contributed by atoms with E-state index in [1.165, 1.54) is 4.80 Å². The van der Waals surface area contributed by atoms with Gasteiger partial charge in [0, 0.05) is 12.2 Å². The van der Waals surface area contributed by atoms with Gasteiger partial charge in [-0.3, -0.25) is 0 Å². The number of nitrogens with zero attached hydrogens (tertiary/aromatic N) is 4. The summed E-state index contributed by atoms with van der Waals surface area (Å²) in [6.45, 7) is 1.82. The van der Waals surface area contributed by atoms with E-state index < -0.39 is 6.10 Å². The highest BCUT2D eigenvalue weighted by atomic mass is 16.3. The molecule has 1 unspecified atom stereocenters. The molecule has 0 saturated heterocycles. The van der Waals surface area contributed by atoms with Crippen LogP contribution in [0.5, 0.6) is 0 Å². The lowest BCUT2D eigenvalue weighted by molar-refractivity contribution is 0.105. The lowest BCUT2D eigenvalue weighted by Crippen LogP contribution is -2.22. The van der Waals surface area contributed by atoms with Gasteiger partial charge in [0.1, 0.15) is 0 Å². The number of aromatic nitrogens is 4. The molecule has 7 nitrogen and oxygen atoms in total. The Morgan fingerprint density at radius 3 is 2.61 bits per heavy atom. The van der Waals surface area contributed by atoms with Gasteiger partial charge in [-0.2, -0.15) is 0 Å². The molecule has 0 amide bonds. The molecule has 0 aliphatic carbocycles. The van der Waals surface area contributed by atoms with Crippen molar-refractivity contribution in [1.82, 2.24) is 20.2 Å². The Morgan fingerprint density at radius 2 is 2.06 bits per heavy atom. The first-order valence-electron chi connectivity index (χ1n) is 5.59. The molecule has 0 radical (unpaired) electrons. The number of benzene rings is 1. The monoisotopic (exact) mass is 249 g/mol. The number of aliphatic hydroxyl groups is 2. The molecule has 2 aromatic rings. The number of rotatable bonds is 5. The lowest BCUT2D eigenvalue weighted by atomic mass is 10.2. The van der Waals surface area contributed by atoms with E-state index >= 15 is 0 Å². The number of aryl methyl sites for hydroxylation is 1. The Labute approximate surface area is 104 Å². The summed E-state index contributed by atoms with van der Waals surface area (Å²) in [5.41, 5.74) is 1.66. The Kier molecular flexibility index (Phi) is 3.85. The van der Waals surface area contributed by atoms with Crippen LogP contribution in [-0.2, 0) is 0 Å². The molecule has 2 rings (SSSR count). The maximum Gasteiger partial charge on any atom is 0.172 e. The average Bonchev–Trinajstić information content (AvgIpc) is 2.83. The van der Waals surface area contributed by atoms with Crippen molar-refractivity contribution in [2.75, 3.05) is 18.5 Å². The van der Waals surface area contributed by atoms with E-state index in [0.717, 1.165) is 11.4 Å². The van der Waals surface area contributed by atoms with Gasteiger partial charge in [-0.05, 0) is 36.4 Å². The number of anilines is 1.